The van der Waals surface area contributed by atoms with Crippen LogP contribution in [0.5, 0.6) is 0 Å². The third kappa shape index (κ3) is 4.72. The van der Waals surface area contributed by atoms with Crippen molar-refractivity contribution in [3.8, 4) is 0 Å². The quantitative estimate of drug-likeness (QED) is 0.736. The van der Waals surface area contributed by atoms with Crippen LogP contribution in [0.4, 0.5) is 0 Å². The van der Waals surface area contributed by atoms with Gasteiger partial charge in [-0.3, -0.25) is 24.1 Å². The van der Waals surface area contributed by atoms with Crippen molar-refractivity contribution < 1.29 is 20.6 Å². The van der Waals surface area contributed by atoms with Gasteiger partial charge in [0.1, 0.15) is 5.78 Å². The number of nitrogens with one attached hydrogen (secondary N) is 1. The number of carbonyl (C=O) groups excluding carboxylic acids is 4. The van der Waals surface area contributed by atoms with Crippen molar-refractivity contribution in [3.63, 3.8) is 0 Å². The summed E-state index contributed by atoms with van der Waals surface area (Å²) in [5.41, 5.74) is 1.71. The molecule has 26 heavy (non-hydrogen) atoms. The smallest absolute Gasteiger partial charge is 0.261 e. The van der Waals surface area contributed by atoms with Crippen LogP contribution in [-0.2, 0) is 15.0 Å². The number of ketones is 1. The first-order valence-corrected chi connectivity index (χ1v) is 9.61. The lowest BCUT2D eigenvalue weighted by molar-refractivity contribution is -0.118. The van der Waals surface area contributed by atoms with Gasteiger partial charge in [-0.05, 0) is 30.0 Å². The summed E-state index contributed by atoms with van der Waals surface area (Å²) in [4.78, 5) is 48.7. The molecule has 1 aliphatic heterocycles. The van der Waals surface area contributed by atoms with E-state index in [2.05, 4.69) is 5.32 Å². The van der Waals surface area contributed by atoms with E-state index in [9.17, 15) is 19.2 Å². The van der Waals surface area contributed by atoms with Crippen LogP contribution in [0, 0.1) is 0 Å². The van der Waals surface area contributed by atoms with Crippen LogP contribution in [-0.4, -0.2) is 53.0 Å². The molecule has 0 aliphatic carbocycles. The first-order valence-electron chi connectivity index (χ1n) is 8.46. The zero-order valence-corrected chi connectivity index (χ0v) is 16.4. The molecule has 0 atom stereocenters. The van der Waals surface area contributed by atoms with E-state index in [1.54, 1.807) is 12.1 Å². The van der Waals surface area contributed by atoms with Gasteiger partial charge in [0, 0.05) is 14.5 Å². The van der Waals surface area contributed by atoms with Crippen molar-refractivity contribution >= 4 is 35.3 Å². The molecule has 3 amide bonds. The summed E-state index contributed by atoms with van der Waals surface area (Å²) in [5, 5.41) is 2.67. The molecule has 2 rings (SSSR count). The number of amides is 3. The molecule has 0 spiro atoms. The molecule has 142 valence electrons. The minimum absolute atomic E-state index is 0. The first kappa shape index (κ1) is 20.2. The number of hydrogen-bond acceptors (Lipinski definition) is 5. The molecule has 1 aromatic rings. The van der Waals surface area contributed by atoms with Gasteiger partial charge >= 0.3 is 0 Å². The molecule has 0 unspecified atom stereocenters. The van der Waals surface area contributed by atoms with E-state index in [1.807, 2.05) is 26.8 Å². The van der Waals surface area contributed by atoms with Crippen molar-refractivity contribution in [2.45, 2.75) is 33.1 Å². The van der Waals surface area contributed by atoms with E-state index in [1.165, 1.54) is 23.6 Å². The van der Waals surface area contributed by atoms with Gasteiger partial charge in [0.15, 0.2) is 0 Å². The van der Waals surface area contributed by atoms with Crippen molar-refractivity contribution in [1.29, 1.82) is 0 Å². The van der Waals surface area contributed by atoms with E-state index in [4.69, 9.17) is 0 Å². The molecule has 0 fully saturated rings. The Morgan fingerprint density at radius 3 is 2.38 bits per heavy atom. The Hall–Kier alpha value is -2.15. The summed E-state index contributed by atoms with van der Waals surface area (Å²) in [7, 11) is 0. The second-order valence-electron chi connectivity index (χ2n) is 7.32. The van der Waals surface area contributed by atoms with Crippen LogP contribution in [0.2, 0.25) is 0 Å². The third-order valence-corrected chi connectivity index (χ3v) is 5.11. The van der Waals surface area contributed by atoms with E-state index in [0.717, 1.165) is 5.56 Å². The Balaban J connectivity index is 0.00000364. The number of rotatable bonds is 7. The Bertz CT molecular complexity index is 759. The van der Waals surface area contributed by atoms with Gasteiger partial charge in [0.25, 0.3) is 11.8 Å². The molecule has 1 aliphatic rings. The van der Waals surface area contributed by atoms with Crippen molar-refractivity contribution in [2.24, 2.45) is 0 Å². The van der Waals surface area contributed by atoms with Crippen LogP contribution < -0.4 is 5.32 Å². The number of carbonyl (C=O) groups is 4. The maximum absolute atomic E-state index is 12.6. The summed E-state index contributed by atoms with van der Waals surface area (Å²) >= 11 is 1.24. The van der Waals surface area contributed by atoms with E-state index in [-0.39, 0.29) is 49.2 Å². The van der Waals surface area contributed by atoms with E-state index < -0.39 is 0 Å². The van der Waals surface area contributed by atoms with Gasteiger partial charge in [0.2, 0.25) is 5.91 Å². The molecule has 1 heterocycles. The Kier molecular flexibility index (Phi) is 6.23. The maximum Gasteiger partial charge on any atom is 0.261 e. The zero-order chi connectivity index (χ0) is 19.5. The van der Waals surface area contributed by atoms with Gasteiger partial charge in [0.05, 0.1) is 22.6 Å². The third-order valence-electron chi connectivity index (χ3n) is 4.03. The van der Waals surface area contributed by atoms with Gasteiger partial charge < -0.3 is 5.32 Å². The molecule has 0 aromatic heterocycles. The largest absolute Gasteiger partial charge is 0.354 e. The van der Waals surface area contributed by atoms with Crippen LogP contribution in [0.1, 0.15) is 55.4 Å². The normalized spacial score (nSPS) is 13.8. The van der Waals surface area contributed by atoms with Gasteiger partial charge in [-0.2, -0.15) is 0 Å². The molecule has 0 saturated carbocycles. The number of thioether (sulfide) groups is 1. The summed E-state index contributed by atoms with van der Waals surface area (Å²) in [6.45, 7) is 7.93. The average Bonchev–Trinajstić information content (AvgIpc) is 2.78. The SMILES string of the molecule is CC(=O)CSCC(=O)NCCN1C(=O)c2ccc(C(C)(C)C)cc2C1=O.[HH]. The number of Topliss-reactive ketones (excluding diaryl/α,β-unsaturated/α-hetero) is 1. The Morgan fingerprint density at radius 2 is 1.77 bits per heavy atom. The number of imide groups is 1. The predicted molar refractivity (Wildman–Crippen MR) is 104 cm³/mol. The highest BCUT2D eigenvalue weighted by atomic mass is 32.2. The lowest BCUT2D eigenvalue weighted by Gasteiger charge is -2.19. The number of benzene rings is 1. The van der Waals surface area contributed by atoms with Crippen LogP contribution in [0.15, 0.2) is 18.2 Å². The summed E-state index contributed by atoms with van der Waals surface area (Å²) < 4.78 is 0. The molecule has 0 saturated heterocycles. The lowest BCUT2D eigenvalue weighted by Crippen LogP contribution is -2.38. The minimum atomic E-state index is -0.328. The summed E-state index contributed by atoms with van der Waals surface area (Å²) in [6, 6.07) is 5.36. The van der Waals surface area contributed by atoms with E-state index >= 15 is 0 Å². The predicted octanol–water partition coefficient (Wildman–Crippen LogP) is 2.26. The van der Waals surface area contributed by atoms with E-state index in [0.29, 0.717) is 16.9 Å². The number of hydrogen-bond donors (Lipinski definition) is 1. The molecule has 1 N–H and O–H groups in total. The Labute approximate surface area is 159 Å². The van der Waals surface area contributed by atoms with Crippen molar-refractivity contribution in [2.75, 3.05) is 24.6 Å². The second kappa shape index (κ2) is 8.03. The zero-order valence-electron chi connectivity index (χ0n) is 15.5. The summed E-state index contributed by atoms with van der Waals surface area (Å²) in [5.74, 6) is -0.383. The topological polar surface area (TPSA) is 83.6 Å². The fourth-order valence-corrected chi connectivity index (χ4v) is 3.28. The van der Waals surface area contributed by atoms with Gasteiger partial charge in [-0.15, -0.1) is 11.8 Å². The van der Waals surface area contributed by atoms with Crippen molar-refractivity contribution in [3.05, 3.63) is 34.9 Å². The van der Waals surface area contributed by atoms with Crippen LogP contribution in [0.25, 0.3) is 0 Å². The molecular weight excluding hydrogens is 352 g/mol. The lowest BCUT2D eigenvalue weighted by atomic mass is 9.85. The van der Waals surface area contributed by atoms with Gasteiger partial charge in [-0.25, -0.2) is 0 Å². The van der Waals surface area contributed by atoms with Crippen LogP contribution in [0.3, 0.4) is 0 Å². The van der Waals surface area contributed by atoms with Gasteiger partial charge in [-0.1, -0.05) is 26.8 Å². The fourth-order valence-electron chi connectivity index (χ4n) is 2.61. The summed E-state index contributed by atoms with van der Waals surface area (Å²) in [6.07, 6.45) is 0. The second-order valence-corrected chi connectivity index (χ2v) is 8.30. The highest BCUT2D eigenvalue weighted by Gasteiger charge is 2.36. The first-order chi connectivity index (χ1) is 12.1. The molecular formula is C19H26N2O4S. The van der Waals surface area contributed by atoms with Crippen LogP contribution >= 0.6 is 11.8 Å². The molecule has 1 aromatic carbocycles. The standard InChI is InChI=1S/C19H24N2O4S.H2/c1-12(22)10-26-11-16(23)20-7-8-21-17(24)14-6-5-13(19(2,3)4)9-15(14)18(21)25;/h5-6,9H,7-8,10-11H2,1-4H3,(H,20,23);1H. The molecule has 0 radical (unpaired) electrons. The number of fused-ring (bicyclic) bond motifs is 1. The fraction of sp³-hybridized carbons (Fsp3) is 0.474. The highest BCUT2D eigenvalue weighted by molar-refractivity contribution is 8.00. The molecule has 7 heteroatoms. The van der Waals surface area contributed by atoms with Crippen molar-refractivity contribution in [1.82, 2.24) is 10.2 Å². The number of nitrogens with zero attached hydrogens (tertiary/aromatic N) is 1. The molecule has 0 bridgehead atoms. The maximum atomic E-state index is 12.6. The molecule has 6 nitrogen and oxygen atoms in total. The highest BCUT2D eigenvalue weighted by Crippen LogP contribution is 2.29. The minimum Gasteiger partial charge on any atom is -0.354 e. The Morgan fingerprint density at radius 1 is 1.12 bits per heavy atom. The average molecular weight is 378 g/mol. The monoisotopic (exact) mass is 378 g/mol.